The van der Waals surface area contributed by atoms with Crippen LogP contribution < -0.4 is 10.5 Å². The van der Waals surface area contributed by atoms with Gasteiger partial charge in [-0.2, -0.15) is 5.26 Å². The van der Waals surface area contributed by atoms with E-state index < -0.39 is 0 Å². The molecule has 2 N–H and O–H groups in total. The third kappa shape index (κ3) is 3.30. The average Bonchev–Trinajstić information content (AvgIpc) is 2.29. The van der Waals surface area contributed by atoms with Crippen LogP contribution in [0.5, 0.6) is 5.75 Å². The number of ether oxygens (including phenoxy) is 2. The topological polar surface area (TPSA) is 68.3 Å². The summed E-state index contributed by atoms with van der Waals surface area (Å²) in [6.45, 7) is 0.937. The number of nitrogen functional groups attached to an aromatic ring is 1. The van der Waals surface area contributed by atoms with Crippen molar-refractivity contribution >= 4 is 5.69 Å². The summed E-state index contributed by atoms with van der Waals surface area (Å²) in [5.41, 5.74) is 6.45. The summed E-state index contributed by atoms with van der Waals surface area (Å²) in [5, 5.41) is 8.89. The van der Waals surface area contributed by atoms with Crippen molar-refractivity contribution in [3.05, 3.63) is 35.9 Å². The number of nitriles is 1. The zero-order chi connectivity index (χ0) is 11.8. The molecule has 1 rings (SSSR count). The predicted octanol–water partition coefficient (Wildman–Crippen LogP) is 1.72. The Balaban J connectivity index is 2.61. The maximum atomic E-state index is 8.89. The Labute approximate surface area is 94.9 Å². The molecule has 0 fully saturated rings. The molecule has 16 heavy (non-hydrogen) atoms. The normalized spacial score (nSPS) is 10.2. The molecule has 0 aromatic heterocycles. The van der Waals surface area contributed by atoms with E-state index in [0.29, 0.717) is 30.2 Å². The number of hydrogen-bond donors (Lipinski definition) is 1. The van der Waals surface area contributed by atoms with Gasteiger partial charge in [-0.15, -0.1) is 0 Å². The summed E-state index contributed by atoms with van der Waals surface area (Å²) in [6, 6.07) is 7.17. The Kier molecular flexibility index (Phi) is 4.90. The van der Waals surface area contributed by atoms with E-state index in [1.54, 1.807) is 25.3 Å². The van der Waals surface area contributed by atoms with Gasteiger partial charge < -0.3 is 15.2 Å². The summed E-state index contributed by atoms with van der Waals surface area (Å²) in [6.07, 6.45) is 3.67. The second-order valence-electron chi connectivity index (χ2n) is 3.07. The van der Waals surface area contributed by atoms with E-state index in [0.717, 1.165) is 0 Å². The molecule has 0 saturated heterocycles. The van der Waals surface area contributed by atoms with Crippen molar-refractivity contribution in [2.24, 2.45) is 0 Å². The maximum Gasteiger partial charge on any atom is 0.139 e. The lowest BCUT2D eigenvalue weighted by Gasteiger charge is -2.06. The summed E-state index contributed by atoms with van der Waals surface area (Å²) >= 11 is 0. The molecule has 0 bridgehead atoms. The van der Waals surface area contributed by atoms with Gasteiger partial charge in [0.1, 0.15) is 24.0 Å². The van der Waals surface area contributed by atoms with Gasteiger partial charge in [0.2, 0.25) is 0 Å². The standard InChI is InChI=1S/C12H14N2O2/c1-15-7-2-3-8-16-12-6-4-5-11(14)10(12)9-13/h2-6H,7-8,14H2,1H3/b3-2+. The van der Waals surface area contributed by atoms with Crippen LogP contribution in [-0.2, 0) is 4.74 Å². The van der Waals surface area contributed by atoms with Gasteiger partial charge in [0, 0.05) is 7.11 Å². The Bertz CT molecular complexity index is 408. The first-order valence-corrected chi connectivity index (χ1v) is 4.85. The number of rotatable bonds is 5. The van der Waals surface area contributed by atoms with Gasteiger partial charge >= 0.3 is 0 Å². The highest BCUT2D eigenvalue weighted by Gasteiger charge is 2.05. The third-order valence-electron chi connectivity index (χ3n) is 1.93. The van der Waals surface area contributed by atoms with Crippen molar-refractivity contribution in [2.75, 3.05) is 26.1 Å². The fourth-order valence-corrected chi connectivity index (χ4v) is 1.16. The number of anilines is 1. The molecule has 0 atom stereocenters. The van der Waals surface area contributed by atoms with Crippen molar-refractivity contribution in [2.45, 2.75) is 0 Å². The highest BCUT2D eigenvalue weighted by Crippen LogP contribution is 2.22. The van der Waals surface area contributed by atoms with Crippen LogP contribution in [0.2, 0.25) is 0 Å². The van der Waals surface area contributed by atoms with Crippen molar-refractivity contribution in [3.63, 3.8) is 0 Å². The Morgan fingerprint density at radius 1 is 1.38 bits per heavy atom. The molecular formula is C12H14N2O2. The van der Waals surface area contributed by atoms with Crippen LogP contribution in [0.25, 0.3) is 0 Å². The van der Waals surface area contributed by atoms with Crippen LogP contribution in [0.1, 0.15) is 5.56 Å². The fraction of sp³-hybridized carbons (Fsp3) is 0.250. The monoisotopic (exact) mass is 218 g/mol. The molecule has 0 amide bonds. The van der Waals surface area contributed by atoms with E-state index in [4.69, 9.17) is 20.5 Å². The van der Waals surface area contributed by atoms with Gasteiger partial charge in [-0.1, -0.05) is 12.1 Å². The molecule has 0 aliphatic carbocycles. The number of methoxy groups -OCH3 is 1. The summed E-state index contributed by atoms with van der Waals surface area (Å²) in [7, 11) is 1.62. The first-order chi connectivity index (χ1) is 7.79. The maximum absolute atomic E-state index is 8.89. The van der Waals surface area contributed by atoms with Crippen LogP contribution in [-0.4, -0.2) is 20.3 Å². The van der Waals surface area contributed by atoms with E-state index >= 15 is 0 Å². The Morgan fingerprint density at radius 3 is 2.81 bits per heavy atom. The van der Waals surface area contributed by atoms with Crippen LogP contribution >= 0.6 is 0 Å². The van der Waals surface area contributed by atoms with E-state index in [2.05, 4.69) is 0 Å². The zero-order valence-corrected chi connectivity index (χ0v) is 9.14. The number of hydrogen-bond acceptors (Lipinski definition) is 4. The average molecular weight is 218 g/mol. The number of benzene rings is 1. The second-order valence-corrected chi connectivity index (χ2v) is 3.07. The van der Waals surface area contributed by atoms with Crippen molar-refractivity contribution in [1.82, 2.24) is 0 Å². The fourth-order valence-electron chi connectivity index (χ4n) is 1.16. The molecular weight excluding hydrogens is 204 g/mol. The molecule has 4 heteroatoms. The Morgan fingerprint density at radius 2 is 2.12 bits per heavy atom. The van der Waals surface area contributed by atoms with Gasteiger partial charge in [-0.25, -0.2) is 0 Å². The van der Waals surface area contributed by atoms with Crippen LogP contribution in [0.3, 0.4) is 0 Å². The van der Waals surface area contributed by atoms with Gasteiger partial charge in [0.15, 0.2) is 0 Å². The van der Waals surface area contributed by atoms with Crippen molar-refractivity contribution < 1.29 is 9.47 Å². The molecule has 4 nitrogen and oxygen atoms in total. The number of nitrogens with zero attached hydrogens (tertiary/aromatic N) is 1. The number of nitrogens with two attached hydrogens (primary N) is 1. The van der Waals surface area contributed by atoms with E-state index in [1.165, 1.54) is 0 Å². The SMILES string of the molecule is COC/C=C/COc1cccc(N)c1C#N. The minimum absolute atomic E-state index is 0.377. The molecule has 0 aliphatic heterocycles. The van der Waals surface area contributed by atoms with Crippen LogP contribution in [0.15, 0.2) is 30.4 Å². The minimum Gasteiger partial charge on any atom is -0.488 e. The highest BCUT2D eigenvalue weighted by molar-refractivity contribution is 5.60. The summed E-state index contributed by atoms with van der Waals surface area (Å²) < 4.78 is 10.3. The first kappa shape index (κ1) is 12.1. The smallest absolute Gasteiger partial charge is 0.139 e. The van der Waals surface area contributed by atoms with Crippen LogP contribution in [0, 0.1) is 11.3 Å². The molecule has 1 aromatic carbocycles. The minimum atomic E-state index is 0.377. The molecule has 0 heterocycles. The van der Waals surface area contributed by atoms with E-state index in [1.807, 2.05) is 18.2 Å². The molecule has 84 valence electrons. The largest absolute Gasteiger partial charge is 0.488 e. The predicted molar refractivity (Wildman–Crippen MR) is 62.1 cm³/mol. The lowest BCUT2D eigenvalue weighted by Crippen LogP contribution is -1.99. The van der Waals surface area contributed by atoms with Crippen molar-refractivity contribution in [3.8, 4) is 11.8 Å². The van der Waals surface area contributed by atoms with Gasteiger partial charge in [-0.3, -0.25) is 0 Å². The lowest BCUT2D eigenvalue weighted by molar-refractivity contribution is 0.233. The van der Waals surface area contributed by atoms with Gasteiger partial charge in [-0.05, 0) is 18.2 Å². The zero-order valence-electron chi connectivity index (χ0n) is 9.14. The Hall–Kier alpha value is -1.99. The molecule has 0 saturated carbocycles. The molecule has 0 radical (unpaired) electrons. The molecule has 1 aromatic rings. The molecule has 0 spiro atoms. The van der Waals surface area contributed by atoms with Crippen LogP contribution in [0.4, 0.5) is 5.69 Å². The quantitative estimate of drug-likeness (QED) is 0.603. The summed E-state index contributed by atoms with van der Waals surface area (Å²) in [5.74, 6) is 0.504. The van der Waals surface area contributed by atoms with Gasteiger partial charge in [0.05, 0.1) is 12.3 Å². The lowest BCUT2D eigenvalue weighted by atomic mass is 10.2. The third-order valence-corrected chi connectivity index (χ3v) is 1.93. The first-order valence-electron chi connectivity index (χ1n) is 4.85. The summed E-state index contributed by atoms with van der Waals surface area (Å²) in [4.78, 5) is 0. The second kappa shape index (κ2) is 6.49. The van der Waals surface area contributed by atoms with E-state index in [-0.39, 0.29) is 0 Å². The van der Waals surface area contributed by atoms with Gasteiger partial charge in [0.25, 0.3) is 0 Å². The van der Waals surface area contributed by atoms with E-state index in [9.17, 15) is 0 Å². The highest BCUT2D eigenvalue weighted by atomic mass is 16.5. The molecule has 0 aliphatic rings. The van der Waals surface area contributed by atoms with Crippen molar-refractivity contribution in [1.29, 1.82) is 5.26 Å². The molecule has 0 unspecified atom stereocenters.